The fourth-order valence-electron chi connectivity index (χ4n) is 4.96. The number of nitrogens with one attached hydrogen (secondary N) is 1. The minimum absolute atomic E-state index is 0.669. The second kappa shape index (κ2) is 6.53. The van der Waals surface area contributed by atoms with E-state index in [1.807, 2.05) is 40.5 Å². The Morgan fingerprint density at radius 1 is 1.15 bits per heavy atom. The van der Waals surface area contributed by atoms with Gasteiger partial charge in [-0.2, -0.15) is 5.10 Å². The van der Waals surface area contributed by atoms with Crippen molar-refractivity contribution < 1.29 is 0 Å². The van der Waals surface area contributed by atoms with Gasteiger partial charge in [-0.3, -0.25) is 8.65 Å². The molecule has 3 aromatic rings. The van der Waals surface area contributed by atoms with Crippen molar-refractivity contribution in [3.05, 3.63) is 42.5 Å². The van der Waals surface area contributed by atoms with E-state index < -0.39 is 0 Å². The molecule has 0 amide bonds. The molecular weight excluding hydrogens is 354 g/mol. The van der Waals surface area contributed by atoms with Gasteiger partial charge in [0.25, 0.3) is 0 Å². The van der Waals surface area contributed by atoms with Gasteiger partial charge in [-0.25, -0.2) is 4.98 Å². The highest BCUT2D eigenvalue weighted by Gasteiger charge is 2.31. The lowest BCUT2D eigenvalue weighted by Gasteiger charge is -2.38. The van der Waals surface area contributed by atoms with Gasteiger partial charge in [0.05, 0.1) is 6.20 Å². The molecule has 3 heterocycles. The Balaban J connectivity index is 1.56. The lowest BCUT2D eigenvalue weighted by atomic mass is 9.70. The van der Waals surface area contributed by atoms with Crippen molar-refractivity contribution in [2.24, 2.45) is 18.9 Å². The zero-order valence-corrected chi connectivity index (χ0v) is 16.7. The summed E-state index contributed by atoms with van der Waals surface area (Å²) >= 11 is 4.57. The summed E-state index contributed by atoms with van der Waals surface area (Å²) in [6.07, 6.45) is 15.5. The van der Waals surface area contributed by atoms with Crippen LogP contribution in [0.15, 0.2) is 36.9 Å². The molecule has 0 spiro atoms. The minimum atomic E-state index is 0.669. The summed E-state index contributed by atoms with van der Waals surface area (Å²) in [5, 5.41) is 8.94. The first-order valence-corrected chi connectivity index (χ1v) is 10.1. The van der Waals surface area contributed by atoms with Crippen LogP contribution in [-0.2, 0) is 7.05 Å². The zero-order chi connectivity index (χ0) is 18.5. The molecule has 140 valence electrons. The third kappa shape index (κ3) is 3.01. The maximum Gasteiger partial charge on any atom is 0.150 e. The summed E-state index contributed by atoms with van der Waals surface area (Å²) in [6.45, 7) is 0. The maximum absolute atomic E-state index is 4.74. The molecule has 0 aromatic carbocycles. The van der Waals surface area contributed by atoms with E-state index in [1.54, 1.807) is 0 Å². The van der Waals surface area contributed by atoms with Gasteiger partial charge in [-0.05, 0) is 61.8 Å². The highest BCUT2D eigenvalue weighted by atomic mass is 32.1. The third-order valence-electron chi connectivity index (χ3n) is 6.21. The molecule has 2 aliphatic rings. The fraction of sp³-hybridized carbons (Fsp3) is 0.429. The molecule has 1 fully saturated rings. The van der Waals surface area contributed by atoms with Gasteiger partial charge in [-0.1, -0.05) is 18.9 Å². The topological polar surface area (TPSA) is 47.7 Å². The third-order valence-corrected chi connectivity index (χ3v) is 6.51. The number of pyridine rings is 1. The van der Waals surface area contributed by atoms with Crippen LogP contribution in [0.1, 0.15) is 31.2 Å². The smallest absolute Gasteiger partial charge is 0.150 e. The number of nitrogens with zero attached hydrogens (tertiary/aromatic N) is 4. The van der Waals surface area contributed by atoms with Gasteiger partial charge in [0.15, 0.2) is 0 Å². The molecule has 5 rings (SSSR count). The largest absolute Gasteiger partial charge is 0.317 e. The van der Waals surface area contributed by atoms with E-state index in [9.17, 15) is 0 Å². The minimum Gasteiger partial charge on any atom is -0.317 e. The first kappa shape index (κ1) is 17.1. The number of aromatic nitrogens is 4. The normalized spacial score (nSPS) is 25.0. The molecule has 0 saturated heterocycles. The van der Waals surface area contributed by atoms with Crippen molar-refractivity contribution in [3.8, 4) is 11.1 Å². The van der Waals surface area contributed by atoms with Crippen LogP contribution in [0.2, 0.25) is 0 Å². The molecule has 1 N–H and O–H groups in total. The molecule has 1 saturated carbocycles. The van der Waals surface area contributed by atoms with Gasteiger partial charge < -0.3 is 5.32 Å². The van der Waals surface area contributed by atoms with Crippen molar-refractivity contribution in [2.75, 3.05) is 7.05 Å². The molecule has 0 radical (unpaired) electrons. The molecule has 3 aromatic heterocycles. The molecule has 3 atom stereocenters. The van der Waals surface area contributed by atoms with Crippen LogP contribution in [0, 0.1) is 11.8 Å². The van der Waals surface area contributed by atoms with E-state index in [2.05, 4.69) is 42.4 Å². The number of thiol groups is 1. The van der Waals surface area contributed by atoms with Gasteiger partial charge in [0.1, 0.15) is 5.65 Å². The molecular formula is C21H25N5S. The van der Waals surface area contributed by atoms with Crippen LogP contribution in [0.5, 0.6) is 0 Å². The second-order valence-electron chi connectivity index (χ2n) is 8.10. The number of rotatable bonds is 3. The summed E-state index contributed by atoms with van der Waals surface area (Å²) in [6, 6.07) is 2.96. The fourth-order valence-corrected chi connectivity index (χ4v) is 5.23. The quantitative estimate of drug-likeness (QED) is 0.678. The Labute approximate surface area is 165 Å². The van der Waals surface area contributed by atoms with Crippen LogP contribution < -0.4 is 5.32 Å². The average molecular weight is 380 g/mol. The Kier molecular flexibility index (Phi) is 4.13. The van der Waals surface area contributed by atoms with Crippen LogP contribution >= 0.6 is 12.8 Å². The number of hydrogen-bond acceptors (Lipinski definition) is 4. The van der Waals surface area contributed by atoms with Crippen LogP contribution in [0.3, 0.4) is 0 Å². The predicted molar refractivity (Wildman–Crippen MR) is 113 cm³/mol. The Morgan fingerprint density at radius 3 is 2.78 bits per heavy atom. The SMILES string of the molecule is CNC1CC2C=C(c3cnc4c(c3)c(-c3cnn(C)c3)cn4S)CC(C2)C1. The van der Waals surface area contributed by atoms with E-state index in [0.29, 0.717) is 12.0 Å². The van der Waals surface area contributed by atoms with Crippen molar-refractivity contribution in [3.63, 3.8) is 0 Å². The van der Waals surface area contributed by atoms with E-state index in [0.717, 1.165) is 34.5 Å². The summed E-state index contributed by atoms with van der Waals surface area (Å²) in [5.41, 5.74) is 5.84. The number of allylic oxidation sites excluding steroid dienone is 2. The van der Waals surface area contributed by atoms with Crippen molar-refractivity contribution in [2.45, 2.75) is 31.7 Å². The summed E-state index contributed by atoms with van der Waals surface area (Å²) in [5.74, 6) is 1.47. The zero-order valence-electron chi connectivity index (χ0n) is 15.8. The Morgan fingerprint density at radius 2 is 2.04 bits per heavy atom. The average Bonchev–Trinajstić information content (AvgIpc) is 3.24. The van der Waals surface area contributed by atoms with Crippen molar-refractivity contribution >= 4 is 29.4 Å². The molecule has 3 unspecified atom stereocenters. The lowest BCUT2D eigenvalue weighted by Crippen LogP contribution is -2.36. The maximum atomic E-state index is 4.74. The number of hydrogen-bond donors (Lipinski definition) is 2. The summed E-state index contributed by atoms with van der Waals surface area (Å²) < 4.78 is 3.64. The first-order valence-electron chi connectivity index (χ1n) is 9.68. The molecule has 27 heavy (non-hydrogen) atoms. The second-order valence-corrected chi connectivity index (χ2v) is 8.53. The molecule has 5 nitrogen and oxygen atoms in total. The van der Waals surface area contributed by atoms with Gasteiger partial charge in [-0.15, -0.1) is 0 Å². The highest BCUT2D eigenvalue weighted by Crippen LogP contribution is 2.43. The van der Waals surface area contributed by atoms with Gasteiger partial charge in [0, 0.05) is 48.2 Å². The number of fused-ring (bicyclic) bond motifs is 3. The van der Waals surface area contributed by atoms with E-state index in [4.69, 9.17) is 4.98 Å². The Hall–Kier alpha value is -2.05. The van der Waals surface area contributed by atoms with E-state index in [1.165, 1.54) is 30.4 Å². The van der Waals surface area contributed by atoms with E-state index >= 15 is 0 Å². The molecule has 0 aliphatic heterocycles. The van der Waals surface area contributed by atoms with Gasteiger partial charge in [0.2, 0.25) is 0 Å². The van der Waals surface area contributed by atoms with Crippen molar-refractivity contribution in [1.82, 2.24) is 24.1 Å². The van der Waals surface area contributed by atoms with E-state index in [-0.39, 0.29) is 0 Å². The van der Waals surface area contributed by atoms with Crippen LogP contribution in [0.25, 0.3) is 27.7 Å². The molecule has 6 heteroatoms. The Bertz CT molecular complexity index is 1030. The number of aryl methyl sites for hydroxylation is 1. The van der Waals surface area contributed by atoms with Crippen LogP contribution in [-0.4, -0.2) is 31.8 Å². The monoisotopic (exact) mass is 379 g/mol. The first-order chi connectivity index (χ1) is 13.1. The highest BCUT2D eigenvalue weighted by molar-refractivity contribution is 7.78. The van der Waals surface area contributed by atoms with Crippen molar-refractivity contribution in [1.29, 1.82) is 0 Å². The standard InChI is InChI=1S/C21H25N5S/c1-22-18-6-13-3-14(7-18)5-15(4-13)16-8-19-20(17-10-24-25(2)11-17)12-26(27)21(19)23-9-16/h4,8-14,18,22,27H,3,5-7H2,1-2H3. The molecule has 2 aliphatic carbocycles. The van der Waals surface area contributed by atoms with Gasteiger partial charge >= 0.3 is 0 Å². The predicted octanol–water partition coefficient (Wildman–Crippen LogP) is 3.92. The van der Waals surface area contributed by atoms with Crippen LogP contribution in [0.4, 0.5) is 0 Å². The summed E-state index contributed by atoms with van der Waals surface area (Å²) in [7, 11) is 4.04. The molecule has 2 bridgehead atoms. The summed E-state index contributed by atoms with van der Waals surface area (Å²) in [4.78, 5) is 4.74. The lowest BCUT2D eigenvalue weighted by molar-refractivity contribution is 0.244.